The molecule has 2 rings (SSSR count). The van der Waals surface area contributed by atoms with Gasteiger partial charge in [-0.05, 0) is 44.9 Å². The van der Waals surface area contributed by atoms with E-state index in [2.05, 4.69) is 0 Å². The molecule has 0 aliphatic carbocycles. The number of aryl methyl sites for hydroxylation is 1. The van der Waals surface area contributed by atoms with Crippen molar-refractivity contribution in [2.24, 2.45) is 5.73 Å². The van der Waals surface area contributed by atoms with E-state index in [1.165, 1.54) is 0 Å². The topological polar surface area (TPSA) is 63.4 Å². The van der Waals surface area contributed by atoms with E-state index >= 15 is 0 Å². The molecule has 0 spiro atoms. The highest BCUT2D eigenvalue weighted by atomic mass is 35.5. The second-order valence-electron chi connectivity index (χ2n) is 5.16. The van der Waals surface area contributed by atoms with E-state index in [9.17, 15) is 8.42 Å². The van der Waals surface area contributed by atoms with Crippen LogP contribution in [0.15, 0.2) is 29.2 Å². The average Bonchev–Trinajstić information content (AvgIpc) is 2.40. The average molecular weight is 319 g/mol. The summed E-state index contributed by atoms with van der Waals surface area (Å²) in [4.78, 5) is 0.391. The molecule has 6 heteroatoms. The normalized spacial score (nSPS) is 20.4. The van der Waals surface area contributed by atoms with Crippen LogP contribution >= 0.6 is 12.4 Å². The Morgan fingerprint density at radius 3 is 2.50 bits per heavy atom. The van der Waals surface area contributed by atoms with Gasteiger partial charge in [0.15, 0.2) is 0 Å². The van der Waals surface area contributed by atoms with Gasteiger partial charge in [-0.25, -0.2) is 8.42 Å². The van der Waals surface area contributed by atoms with Gasteiger partial charge in [-0.15, -0.1) is 12.4 Å². The van der Waals surface area contributed by atoms with Gasteiger partial charge in [0.1, 0.15) is 0 Å². The van der Waals surface area contributed by atoms with Crippen LogP contribution in [0.3, 0.4) is 0 Å². The number of piperidine rings is 1. The summed E-state index contributed by atoms with van der Waals surface area (Å²) >= 11 is 0. The van der Waals surface area contributed by atoms with Gasteiger partial charge in [-0.3, -0.25) is 0 Å². The lowest BCUT2D eigenvalue weighted by atomic mass is 10.0. The summed E-state index contributed by atoms with van der Waals surface area (Å²) in [5.74, 6) is 0. The van der Waals surface area contributed by atoms with Crippen LogP contribution in [-0.4, -0.2) is 31.9 Å². The van der Waals surface area contributed by atoms with Crippen molar-refractivity contribution in [3.05, 3.63) is 29.8 Å². The first-order valence-electron chi connectivity index (χ1n) is 6.84. The third-order valence-corrected chi connectivity index (χ3v) is 5.67. The Labute approximate surface area is 127 Å². The van der Waals surface area contributed by atoms with Gasteiger partial charge < -0.3 is 5.73 Å². The molecule has 0 radical (unpaired) electrons. The van der Waals surface area contributed by atoms with Gasteiger partial charge in [0, 0.05) is 12.6 Å². The Hall–Kier alpha value is -0.620. The summed E-state index contributed by atoms with van der Waals surface area (Å²) in [5.41, 5.74) is 6.67. The third kappa shape index (κ3) is 3.73. The number of benzene rings is 1. The smallest absolute Gasteiger partial charge is 0.243 e. The van der Waals surface area contributed by atoms with Crippen LogP contribution in [-0.2, 0) is 10.0 Å². The van der Waals surface area contributed by atoms with E-state index in [1.54, 1.807) is 16.4 Å². The number of hydrogen-bond acceptors (Lipinski definition) is 3. The molecule has 20 heavy (non-hydrogen) atoms. The van der Waals surface area contributed by atoms with E-state index in [1.807, 2.05) is 19.1 Å². The number of sulfonamides is 1. The minimum Gasteiger partial charge on any atom is -0.330 e. The Bertz CT molecular complexity index is 514. The number of halogens is 1. The van der Waals surface area contributed by atoms with Gasteiger partial charge >= 0.3 is 0 Å². The first-order valence-corrected chi connectivity index (χ1v) is 8.28. The molecular formula is C14H23ClN2O2S. The zero-order valence-electron chi connectivity index (χ0n) is 11.8. The summed E-state index contributed by atoms with van der Waals surface area (Å²) in [6.07, 6.45) is 3.68. The Morgan fingerprint density at radius 1 is 1.25 bits per heavy atom. The molecule has 1 unspecified atom stereocenters. The quantitative estimate of drug-likeness (QED) is 0.926. The molecule has 0 bridgehead atoms. The second-order valence-corrected chi connectivity index (χ2v) is 7.05. The molecule has 1 aliphatic rings. The van der Waals surface area contributed by atoms with Crippen LogP contribution in [0, 0.1) is 6.92 Å². The molecule has 2 N–H and O–H groups in total. The fraction of sp³-hybridized carbons (Fsp3) is 0.571. The lowest BCUT2D eigenvalue weighted by Crippen LogP contribution is -2.44. The third-order valence-electron chi connectivity index (χ3n) is 3.70. The van der Waals surface area contributed by atoms with Crippen LogP contribution in [0.1, 0.15) is 31.2 Å². The largest absolute Gasteiger partial charge is 0.330 e. The summed E-state index contributed by atoms with van der Waals surface area (Å²) in [5, 5.41) is 0. The summed E-state index contributed by atoms with van der Waals surface area (Å²) < 4.78 is 27.0. The fourth-order valence-corrected chi connectivity index (χ4v) is 4.34. The molecule has 1 atom stereocenters. The molecule has 0 saturated carbocycles. The molecule has 1 fully saturated rings. The van der Waals surface area contributed by atoms with Gasteiger partial charge in [-0.2, -0.15) is 4.31 Å². The summed E-state index contributed by atoms with van der Waals surface area (Å²) in [7, 11) is -3.37. The highest BCUT2D eigenvalue weighted by Crippen LogP contribution is 2.26. The number of nitrogens with two attached hydrogens (primary N) is 1. The van der Waals surface area contributed by atoms with Crippen LogP contribution in [0.25, 0.3) is 0 Å². The maximum absolute atomic E-state index is 12.7. The van der Waals surface area contributed by atoms with Crippen molar-refractivity contribution in [2.75, 3.05) is 13.1 Å². The van der Waals surface area contributed by atoms with Gasteiger partial charge in [0.25, 0.3) is 0 Å². The zero-order valence-corrected chi connectivity index (χ0v) is 13.4. The summed E-state index contributed by atoms with van der Waals surface area (Å²) in [6.45, 7) is 3.10. The van der Waals surface area contributed by atoms with Crippen molar-refractivity contribution in [1.82, 2.24) is 4.31 Å². The first kappa shape index (κ1) is 17.4. The van der Waals surface area contributed by atoms with Crippen LogP contribution in [0.4, 0.5) is 0 Å². The lowest BCUT2D eigenvalue weighted by Gasteiger charge is -2.34. The highest BCUT2D eigenvalue weighted by molar-refractivity contribution is 7.89. The zero-order chi connectivity index (χ0) is 13.9. The van der Waals surface area contributed by atoms with Crippen molar-refractivity contribution < 1.29 is 8.42 Å². The maximum Gasteiger partial charge on any atom is 0.243 e. The van der Waals surface area contributed by atoms with Crippen LogP contribution < -0.4 is 5.73 Å². The van der Waals surface area contributed by atoms with Gasteiger partial charge in [-0.1, -0.05) is 24.1 Å². The van der Waals surface area contributed by atoms with Crippen molar-refractivity contribution in [2.45, 2.75) is 43.5 Å². The van der Waals surface area contributed by atoms with Crippen molar-refractivity contribution in [1.29, 1.82) is 0 Å². The van der Waals surface area contributed by atoms with E-state index in [0.717, 1.165) is 31.2 Å². The van der Waals surface area contributed by atoms with E-state index in [0.29, 0.717) is 18.0 Å². The monoisotopic (exact) mass is 318 g/mol. The standard InChI is InChI=1S/C14H22N2O2S.ClH/c1-12-5-7-14(8-6-12)19(17,18)16-11-3-2-4-13(16)9-10-15;/h5-8,13H,2-4,9-11,15H2,1H3;1H. The van der Waals surface area contributed by atoms with Crippen molar-refractivity contribution >= 4 is 22.4 Å². The highest BCUT2D eigenvalue weighted by Gasteiger charge is 2.32. The first-order chi connectivity index (χ1) is 9.05. The Balaban J connectivity index is 0.00000200. The second kappa shape index (κ2) is 7.41. The van der Waals surface area contributed by atoms with Crippen molar-refractivity contribution in [3.63, 3.8) is 0 Å². The minimum absolute atomic E-state index is 0. The maximum atomic E-state index is 12.7. The fourth-order valence-electron chi connectivity index (χ4n) is 2.62. The molecule has 1 aliphatic heterocycles. The molecule has 4 nitrogen and oxygen atoms in total. The summed E-state index contributed by atoms with van der Waals surface area (Å²) in [6, 6.07) is 7.13. The lowest BCUT2D eigenvalue weighted by molar-refractivity contribution is 0.243. The molecule has 1 saturated heterocycles. The molecule has 0 amide bonds. The van der Waals surface area contributed by atoms with E-state index < -0.39 is 10.0 Å². The minimum atomic E-state index is -3.37. The molecule has 114 valence electrons. The van der Waals surface area contributed by atoms with E-state index in [4.69, 9.17) is 5.73 Å². The Kier molecular flexibility index (Phi) is 6.45. The molecule has 1 aromatic carbocycles. The van der Waals surface area contributed by atoms with Crippen LogP contribution in [0.2, 0.25) is 0 Å². The van der Waals surface area contributed by atoms with Crippen LogP contribution in [0.5, 0.6) is 0 Å². The van der Waals surface area contributed by atoms with Gasteiger partial charge in [0.2, 0.25) is 10.0 Å². The molecule has 1 heterocycles. The predicted octanol–water partition coefficient (Wildman–Crippen LogP) is 2.31. The SMILES string of the molecule is Cc1ccc(S(=O)(=O)N2CCCCC2CCN)cc1.Cl. The number of hydrogen-bond donors (Lipinski definition) is 1. The predicted molar refractivity (Wildman–Crippen MR) is 83.6 cm³/mol. The molecular weight excluding hydrogens is 296 g/mol. The van der Waals surface area contributed by atoms with Gasteiger partial charge in [0.05, 0.1) is 4.90 Å². The number of nitrogens with zero attached hydrogens (tertiary/aromatic N) is 1. The van der Waals surface area contributed by atoms with Crippen molar-refractivity contribution in [3.8, 4) is 0 Å². The number of rotatable bonds is 4. The molecule has 1 aromatic rings. The van der Waals surface area contributed by atoms with E-state index in [-0.39, 0.29) is 18.4 Å². The molecule has 0 aromatic heterocycles. The Morgan fingerprint density at radius 2 is 1.90 bits per heavy atom.